The van der Waals surface area contributed by atoms with Gasteiger partial charge in [-0.15, -0.1) is 0 Å². The van der Waals surface area contributed by atoms with E-state index >= 15 is 0 Å². The van der Waals surface area contributed by atoms with Crippen molar-refractivity contribution in [3.63, 3.8) is 0 Å². The number of nitrogens with zero attached hydrogens (tertiary/aromatic N) is 7. The van der Waals surface area contributed by atoms with Gasteiger partial charge >= 0.3 is 12.2 Å². The molecule has 5 aromatic rings. The maximum absolute atomic E-state index is 13.4. The summed E-state index contributed by atoms with van der Waals surface area (Å²) in [6.07, 6.45) is 0.320. The highest BCUT2D eigenvalue weighted by Gasteiger charge is 2.67. The summed E-state index contributed by atoms with van der Waals surface area (Å²) in [6, 6.07) is 3.28. The standard InChI is InChI=1S/C24H23F3N10O4S/c25-24(26,27)23(4-5-23)15-9-16(35-41-15)33-22(38)32-13-1-2-14(36-7-6-29-20(13)36)18-17-19(28)30-11-31-21(17)37(34-18)12-3-8-42(39,40)10-12/h1-2,6-7,9,11-12,39-40H,3-5,8,10H2,(H2,28,30,31)(H2,32,33,35,38). The largest absolute Gasteiger partial charge is 0.401 e. The third kappa shape index (κ3) is 4.21. The van der Waals surface area contributed by atoms with E-state index in [1.807, 2.05) is 0 Å². The van der Waals surface area contributed by atoms with Crippen molar-refractivity contribution in [1.82, 2.24) is 34.3 Å². The van der Waals surface area contributed by atoms with Gasteiger partial charge in [0.15, 0.2) is 22.9 Å². The van der Waals surface area contributed by atoms with Gasteiger partial charge in [0.1, 0.15) is 23.3 Å². The Balaban J connectivity index is 1.19. The first kappa shape index (κ1) is 26.5. The van der Waals surface area contributed by atoms with Crippen LogP contribution in [0.25, 0.3) is 28.1 Å². The van der Waals surface area contributed by atoms with Crippen LogP contribution in [0.2, 0.25) is 0 Å². The average Bonchev–Trinajstić information content (AvgIpc) is 3.28. The predicted molar refractivity (Wildman–Crippen MR) is 146 cm³/mol. The summed E-state index contributed by atoms with van der Waals surface area (Å²) in [5.74, 6) is 0.0942. The molecule has 0 bridgehead atoms. The van der Waals surface area contributed by atoms with E-state index in [1.54, 1.807) is 27.4 Å². The van der Waals surface area contributed by atoms with Crippen molar-refractivity contribution < 1.29 is 31.6 Å². The van der Waals surface area contributed by atoms with Crippen LogP contribution in [0.1, 0.15) is 31.1 Å². The van der Waals surface area contributed by atoms with E-state index in [0.717, 1.165) is 6.07 Å². The van der Waals surface area contributed by atoms with Crippen molar-refractivity contribution in [2.24, 2.45) is 0 Å². The number of carbonyl (C=O) groups is 1. The van der Waals surface area contributed by atoms with Gasteiger partial charge in [-0.1, -0.05) is 5.16 Å². The quantitative estimate of drug-likeness (QED) is 0.188. The molecule has 1 aliphatic carbocycles. The maximum Gasteiger partial charge on any atom is 0.401 e. The number of pyridine rings is 1. The Bertz CT molecular complexity index is 1860. The molecule has 2 fully saturated rings. The molecule has 220 valence electrons. The van der Waals surface area contributed by atoms with Crippen LogP contribution in [0.3, 0.4) is 0 Å². The van der Waals surface area contributed by atoms with Gasteiger partial charge in [0.2, 0.25) is 0 Å². The summed E-state index contributed by atoms with van der Waals surface area (Å²) in [5, 5.41) is 13.8. The van der Waals surface area contributed by atoms with E-state index in [4.69, 9.17) is 15.4 Å². The Labute approximate surface area is 235 Å². The van der Waals surface area contributed by atoms with E-state index in [9.17, 15) is 27.1 Å². The van der Waals surface area contributed by atoms with Crippen molar-refractivity contribution >= 4 is 50.6 Å². The Morgan fingerprint density at radius 3 is 2.69 bits per heavy atom. The molecule has 0 spiro atoms. The molecule has 6 heterocycles. The first-order valence-corrected chi connectivity index (χ1v) is 14.6. The van der Waals surface area contributed by atoms with Crippen LogP contribution >= 0.6 is 10.6 Å². The number of alkyl halides is 3. The number of nitrogens with two attached hydrogens (primary N) is 1. The molecule has 7 rings (SSSR count). The first-order valence-electron chi connectivity index (χ1n) is 12.8. The number of nitrogens with one attached hydrogen (secondary N) is 2. The van der Waals surface area contributed by atoms with E-state index < -0.39 is 28.2 Å². The number of hydrogen-bond acceptors (Lipinski definition) is 10. The minimum absolute atomic E-state index is 0.0990. The molecule has 0 aromatic carbocycles. The Morgan fingerprint density at radius 2 is 1.98 bits per heavy atom. The van der Waals surface area contributed by atoms with Gasteiger partial charge in [-0.05, 0) is 31.4 Å². The highest BCUT2D eigenvalue weighted by atomic mass is 32.3. The molecule has 42 heavy (non-hydrogen) atoms. The van der Waals surface area contributed by atoms with Crippen LogP contribution in [0, 0.1) is 0 Å². The van der Waals surface area contributed by atoms with Crippen LogP contribution < -0.4 is 16.4 Å². The van der Waals surface area contributed by atoms with Crippen molar-refractivity contribution in [3.05, 3.63) is 42.7 Å². The molecule has 1 aliphatic heterocycles. The zero-order valence-corrected chi connectivity index (χ0v) is 22.4. The number of halogens is 3. The zero-order chi connectivity index (χ0) is 29.4. The first-order chi connectivity index (χ1) is 20.0. The van der Waals surface area contributed by atoms with Gasteiger partial charge in [0.05, 0.1) is 28.6 Å². The molecule has 2 aliphatic rings. The number of amides is 2. The second-order valence-electron chi connectivity index (χ2n) is 10.4. The number of hydrogen-bond donors (Lipinski definition) is 5. The van der Waals surface area contributed by atoms with Crippen LogP contribution in [-0.4, -0.2) is 67.1 Å². The number of carbonyl (C=O) groups excluding carboxylic acids is 1. The van der Waals surface area contributed by atoms with Crippen LogP contribution in [-0.2, 0) is 5.41 Å². The van der Waals surface area contributed by atoms with E-state index in [2.05, 4.69) is 30.7 Å². The number of imidazole rings is 1. The lowest BCUT2D eigenvalue weighted by Gasteiger charge is -2.25. The summed E-state index contributed by atoms with van der Waals surface area (Å²) in [5.41, 5.74) is 6.23. The predicted octanol–water partition coefficient (Wildman–Crippen LogP) is 4.64. The van der Waals surface area contributed by atoms with Crippen LogP contribution in [0.15, 0.2) is 41.4 Å². The fraction of sp³-hybridized carbons (Fsp3) is 0.333. The highest BCUT2D eigenvalue weighted by Crippen LogP contribution is 2.59. The van der Waals surface area contributed by atoms with E-state index in [-0.39, 0.29) is 53.5 Å². The minimum Gasteiger partial charge on any atom is -0.383 e. The summed E-state index contributed by atoms with van der Waals surface area (Å²) < 4.78 is 68.8. The lowest BCUT2D eigenvalue weighted by atomic mass is 10.0. The summed E-state index contributed by atoms with van der Waals surface area (Å²) in [4.78, 5) is 25.6. The molecule has 18 heteroatoms. The second kappa shape index (κ2) is 9.04. The van der Waals surface area contributed by atoms with Gasteiger partial charge in [-0.25, -0.2) is 24.4 Å². The SMILES string of the molecule is Nc1ncnc2c1c(-c1ccc(NC(=O)Nc3cc(C4(C(F)(F)F)CC4)on3)c3nccn13)nn2C1CCS(O)(O)C1. The maximum atomic E-state index is 13.4. The Morgan fingerprint density at radius 1 is 1.17 bits per heavy atom. The van der Waals surface area contributed by atoms with Crippen molar-refractivity contribution in [2.75, 3.05) is 27.9 Å². The minimum atomic E-state index is -4.47. The smallest absolute Gasteiger partial charge is 0.383 e. The number of nitrogen functional groups attached to an aromatic ring is 1. The highest BCUT2D eigenvalue weighted by molar-refractivity contribution is 8.24. The third-order valence-electron chi connectivity index (χ3n) is 7.66. The van der Waals surface area contributed by atoms with Crippen LogP contribution in [0.4, 0.5) is 35.3 Å². The van der Waals surface area contributed by atoms with Crippen LogP contribution in [0.5, 0.6) is 0 Å². The number of fused-ring (bicyclic) bond motifs is 2. The van der Waals surface area contributed by atoms with Gasteiger partial charge in [-0.3, -0.25) is 18.8 Å². The summed E-state index contributed by atoms with van der Waals surface area (Å²) in [6.45, 7) is 0. The summed E-state index contributed by atoms with van der Waals surface area (Å²) in [7, 11) is -2.71. The fourth-order valence-electron chi connectivity index (χ4n) is 5.35. The molecule has 2 amide bonds. The average molecular weight is 605 g/mol. The number of rotatable bonds is 5. The molecule has 6 N–H and O–H groups in total. The van der Waals surface area contributed by atoms with Crippen molar-refractivity contribution in [1.29, 1.82) is 0 Å². The summed E-state index contributed by atoms with van der Waals surface area (Å²) >= 11 is 0. The molecule has 1 unspecified atom stereocenters. The molecule has 14 nitrogen and oxygen atoms in total. The molecule has 1 atom stereocenters. The lowest BCUT2D eigenvalue weighted by molar-refractivity contribution is -0.165. The molecule has 1 saturated carbocycles. The molecule has 0 radical (unpaired) electrons. The third-order valence-corrected chi connectivity index (χ3v) is 9.47. The van der Waals surface area contributed by atoms with Gasteiger partial charge < -0.3 is 15.6 Å². The molecule has 5 aromatic heterocycles. The topological polar surface area (TPSA) is 195 Å². The zero-order valence-electron chi connectivity index (χ0n) is 21.5. The molecule has 1 saturated heterocycles. The number of anilines is 3. The van der Waals surface area contributed by atoms with Gasteiger partial charge in [0, 0.05) is 24.2 Å². The molecular weight excluding hydrogens is 581 g/mol. The van der Waals surface area contributed by atoms with Gasteiger partial charge in [-0.2, -0.15) is 28.9 Å². The monoisotopic (exact) mass is 604 g/mol. The van der Waals surface area contributed by atoms with Crippen molar-refractivity contribution in [2.45, 2.75) is 36.9 Å². The number of urea groups is 1. The second-order valence-corrected chi connectivity index (χ2v) is 12.7. The molecular formula is C24H23F3N10O4S. The van der Waals surface area contributed by atoms with E-state index in [1.165, 1.54) is 12.5 Å². The van der Waals surface area contributed by atoms with E-state index in [0.29, 0.717) is 34.5 Å². The van der Waals surface area contributed by atoms with Gasteiger partial charge in [0.25, 0.3) is 0 Å². The normalized spacial score (nSPS) is 20.2. The Kier molecular flexibility index (Phi) is 5.70. The Hall–Kier alpha value is -4.42. The fourth-order valence-corrected chi connectivity index (χ4v) is 7.09. The number of aromatic nitrogens is 7. The van der Waals surface area contributed by atoms with Crippen molar-refractivity contribution in [3.8, 4) is 11.4 Å². The lowest BCUT2D eigenvalue weighted by Crippen LogP contribution is -2.28.